The number of hydrogen-bond donors (Lipinski definition) is 0. The summed E-state index contributed by atoms with van der Waals surface area (Å²) in [5.74, 6) is 0. The van der Waals surface area contributed by atoms with Gasteiger partial charge in [0.2, 0.25) is 10.0 Å². The van der Waals surface area contributed by atoms with Crippen molar-refractivity contribution in [2.75, 3.05) is 13.1 Å². The third kappa shape index (κ3) is 1.31. The molecule has 1 aliphatic carbocycles. The number of hydrogen-bond acceptors (Lipinski definition) is 2. The van der Waals surface area contributed by atoms with Crippen LogP contribution in [0.2, 0.25) is 0 Å². The van der Waals surface area contributed by atoms with Crippen molar-refractivity contribution in [3.8, 4) is 0 Å². The molecule has 0 unspecified atom stereocenters. The Balaban J connectivity index is 1.99. The zero-order valence-corrected chi connectivity index (χ0v) is 9.10. The molecule has 1 saturated carbocycles. The molecule has 13 heavy (non-hydrogen) atoms. The summed E-state index contributed by atoms with van der Waals surface area (Å²) >= 11 is 0. The van der Waals surface area contributed by atoms with E-state index in [1.165, 1.54) is 19.3 Å². The molecule has 0 aromatic heterocycles. The summed E-state index contributed by atoms with van der Waals surface area (Å²) in [4.78, 5) is 0. The maximum atomic E-state index is 11.7. The van der Waals surface area contributed by atoms with Gasteiger partial charge in [-0.25, -0.2) is 12.7 Å². The Morgan fingerprint density at radius 1 is 1.23 bits per heavy atom. The Morgan fingerprint density at radius 2 is 1.77 bits per heavy atom. The largest absolute Gasteiger partial charge is 0.216 e. The van der Waals surface area contributed by atoms with Crippen molar-refractivity contribution in [2.24, 2.45) is 5.41 Å². The third-order valence-electron chi connectivity index (χ3n) is 3.39. The summed E-state index contributed by atoms with van der Waals surface area (Å²) in [6.45, 7) is 5.07. The van der Waals surface area contributed by atoms with Crippen molar-refractivity contribution in [2.45, 2.75) is 38.4 Å². The molecule has 2 rings (SSSR count). The summed E-state index contributed by atoms with van der Waals surface area (Å²) in [5.41, 5.74) is 0.405. The van der Waals surface area contributed by atoms with Gasteiger partial charge in [0.05, 0.1) is 5.25 Å². The van der Waals surface area contributed by atoms with Crippen LogP contribution in [-0.4, -0.2) is 31.1 Å². The fourth-order valence-corrected chi connectivity index (χ4v) is 3.68. The first-order valence-electron chi connectivity index (χ1n) is 4.95. The van der Waals surface area contributed by atoms with Crippen molar-refractivity contribution >= 4 is 10.0 Å². The van der Waals surface area contributed by atoms with Crippen LogP contribution in [0.5, 0.6) is 0 Å². The minimum atomic E-state index is -2.95. The van der Waals surface area contributed by atoms with Crippen LogP contribution in [0.25, 0.3) is 0 Å². The van der Waals surface area contributed by atoms with Gasteiger partial charge in [-0.05, 0) is 32.1 Å². The Kier molecular flexibility index (Phi) is 1.97. The zero-order chi connectivity index (χ0) is 9.69. The van der Waals surface area contributed by atoms with Crippen molar-refractivity contribution in [1.82, 2.24) is 4.31 Å². The highest BCUT2D eigenvalue weighted by molar-refractivity contribution is 7.89. The summed E-state index contributed by atoms with van der Waals surface area (Å²) in [6.07, 6.45) is 3.75. The lowest BCUT2D eigenvalue weighted by molar-refractivity contribution is -0.00833. The maximum absolute atomic E-state index is 11.7. The van der Waals surface area contributed by atoms with Crippen molar-refractivity contribution in [1.29, 1.82) is 0 Å². The van der Waals surface area contributed by atoms with Crippen molar-refractivity contribution in [3.05, 3.63) is 0 Å². The van der Waals surface area contributed by atoms with Gasteiger partial charge in [-0.1, -0.05) is 6.42 Å². The van der Waals surface area contributed by atoms with Gasteiger partial charge in [0, 0.05) is 13.1 Å². The Morgan fingerprint density at radius 3 is 2.08 bits per heavy atom. The predicted octanol–water partition coefficient (Wildman–Crippen LogP) is 1.21. The van der Waals surface area contributed by atoms with E-state index >= 15 is 0 Å². The molecule has 1 spiro atoms. The molecule has 1 aliphatic heterocycles. The molecule has 0 atom stereocenters. The first-order chi connectivity index (χ1) is 5.96. The average molecular weight is 203 g/mol. The highest BCUT2D eigenvalue weighted by atomic mass is 32.2. The summed E-state index contributed by atoms with van der Waals surface area (Å²) in [6, 6.07) is 0. The van der Waals surface area contributed by atoms with Gasteiger partial charge >= 0.3 is 0 Å². The summed E-state index contributed by atoms with van der Waals surface area (Å²) in [7, 11) is -2.95. The standard InChI is InChI=1S/C9H17NO2S/c1-8(2)13(11,12)10-6-9(7-10)4-3-5-9/h8H,3-7H2,1-2H3. The van der Waals surface area contributed by atoms with Crippen LogP contribution < -0.4 is 0 Å². The third-order valence-corrected chi connectivity index (χ3v) is 5.56. The van der Waals surface area contributed by atoms with E-state index in [9.17, 15) is 8.42 Å². The molecule has 0 bridgehead atoms. The quantitative estimate of drug-likeness (QED) is 0.676. The molecule has 2 aliphatic rings. The molecular weight excluding hydrogens is 186 g/mol. The molecular formula is C9H17NO2S. The molecule has 76 valence electrons. The van der Waals surface area contributed by atoms with E-state index in [2.05, 4.69) is 0 Å². The van der Waals surface area contributed by atoms with Gasteiger partial charge in [-0.15, -0.1) is 0 Å². The molecule has 0 radical (unpaired) electrons. The van der Waals surface area contributed by atoms with E-state index < -0.39 is 10.0 Å². The van der Waals surface area contributed by atoms with E-state index in [-0.39, 0.29) is 5.25 Å². The molecule has 0 aromatic rings. The summed E-state index contributed by atoms with van der Waals surface area (Å²) in [5, 5.41) is -0.259. The van der Waals surface area contributed by atoms with Gasteiger partial charge in [0.1, 0.15) is 0 Å². The van der Waals surface area contributed by atoms with Gasteiger partial charge in [0.25, 0.3) is 0 Å². The fourth-order valence-electron chi connectivity index (χ4n) is 2.17. The second-order valence-electron chi connectivity index (χ2n) is 4.72. The molecule has 1 saturated heterocycles. The minimum absolute atomic E-state index is 0.259. The monoisotopic (exact) mass is 203 g/mol. The summed E-state index contributed by atoms with van der Waals surface area (Å²) < 4.78 is 25.0. The topological polar surface area (TPSA) is 37.4 Å². The van der Waals surface area contributed by atoms with Gasteiger partial charge in [-0.2, -0.15) is 0 Å². The fraction of sp³-hybridized carbons (Fsp3) is 1.00. The maximum Gasteiger partial charge on any atom is 0.216 e. The van der Waals surface area contributed by atoms with Crippen LogP contribution in [0.3, 0.4) is 0 Å². The Labute approximate surface area is 80.2 Å². The lowest BCUT2D eigenvalue weighted by Gasteiger charge is -2.55. The van der Waals surface area contributed by atoms with Crippen molar-refractivity contribution < 1.29 is 8.42 Å². The lowest BCUT2D eigenvalue weighted by Crippen LogP contribution is -2.62. The van der Waals surface area contributed by atoms with E-state index in [0.29, 0.717) is 5.41 Å². The first-order valence-corrected chi connectivity index (χ1v) is 6.46. The van der Waals surface area contributed by atoms with E-state index in [0.717, 1.165) is 13.1 Å². The number of sulfonamides is 1. The first kappa shape index (κ1) is 9.46. The lowest BCUT2D eigenvalue weighted by atomic mass is 9.65. The molecule has 4 heteroatoms. The SMILES string of the molecule is CC(C)S(=O)(=O)N1CC2(CCC2)C1. The number of rotatable bonds is 2. The number of nitrogens with zero attached hydrogens (tertiary/aromatic N) is 1. The highest BCUT2D eigenvalue weighted by Crippen LogP contribution is 2.49. The van der Waals surface area contributed by atoms with Crippen LogP contribution >= 0.6 is 0 Å². The van der Waals surface area contributed by atoms with Crippen LogP contribution in [0.4, 0.5) is 0 Å². The second kappa shape index (κ2) is 2.70. The van der Waals surface area contributed by atoms with E-state index in [4.69, 9.17) is 0 Å². The minimum Gasteiger partial charge on any atom is -0.212 e. The van der Waals surface area contributed by atoms with Gasteiger partial charge in [0.15, 0.2) is 0 Å². The molecule has 2 fully saturated rings. The highest BCUT2D eigenvalue weighted by Gasteiger charge is 2.51. The van der Waals surface area contributed by atoms with Gasteiger partial charge < -0.3 is 0 Å². The van der Waals surface area contributed by atoms with Crippen LogP contribution in [-0.2, 0) is 10.0 Å². The molecule has 0 aromatic carbocycles. The van der Waals surface area contributed by atoms with Crippen molar-refractivity contribution in [3.63, 3.8) is 0 Å². The molecule has 0 amide bonds. The smallest absolute Gasteiger partial charge is 0.212 e. The average Bonchev–Trinajstić information content (AvgIpc) is 1.78. The van der Waals surface area contributed by atoms with Crippen LogP contribution in [0, 0.1) is 5.41 Å². The van der Waals surface area contributed by atoms with Crippen LogP contribution in [0.15, 0.2) is 0 Å². The van der Waals surface area contributed by atoms with Gasteiger partial charge in [-0.3, -0.25) is 0 Å². The Hall–Kier alpha value is -0.0900. The van der Waals surface area contributed by atoms with E-state index in [1.54, 1.807) is 18.2 Å². The van der Waals surface area contributed by atoms with Crippen LogP contribution in [0.1, 0.15) is 33.1 Å². The Bertz CT molecular complexity index is 296. The normalized spacial score (nSPS) is 27.3. The molecule has 1 heterocycles. The predicted molar refractivity (Wildman–Crippen MR) is 51.9 cm³/mol. The second-order valence-corrected chi connectivity index (χ2v) is 7.20. The zero-order valence-electron chi connectivity index (χ0n) is 8.28. The molecule has 0 N–H and O–H groups in total. The molecule has 3 nitrogen and oxygen atoms in total. The van der Waals surface area contributed by atoms with E-state index in [1.807, 2.05) is 0 Å².